The lowest BCUT2D eigenvalue weighted by molar-refractivity contribution is -0.117. The van der Waals surface area contributed by atoms with Crippen LogP contribution in [0.2, 0.25) is 0 Å². The molecule has 0 unspecified atom stereocenters. The predicted molar refractivity (Wildman–Crippen MR) is 101 cm³/mol. The van der Waals surface area contributed by atoms with E-state index in [9.17, 15) is 9.59 Å². The minimum absolute atomic E-state index is 0.154. The third-order valence-corrected chi connectivity index (χ3v) is 4.31. The van der Waals surface area contributed by atoms with Crippen molar-refractivity contribution in [2.24, 2.45) is 0 Å². The summed E-state index contributed by atoms with van der Waals surface area (Å²) >= 11 is 0. The number of nitrogens with one attached hydrogen (secondary N) is 2. The Labute approximate surface area is 152 Å². The molecule has 1 aliphatic heterocycles. The molecule has 0 aromatic heterocycles. The SMILES string of the molecule is C[C@@H](Nc1ccc(N2CCCC2=O)cc1)C(=O)Nc1ccc(C#N)cc1. The van der Waals surface area contributed by atoms with E-state index in [1.807, 2.05) is 30.3 Å². The normalized spacial score (nSPS) is 14.6. The van der Waals surface area contributed by atoms with E-state index in [1.54, 1.807) is 36.1 Å². The van der Waals surface area contributed by atoms with Gasteiger partial charge in [-0.2, -0.15) is 5.26 Å². The topological polar surface area (TPSA) is 85.2 Å². The third-order valence-electron chi connectivity index (χ3n) is 4.31. The van der Waals surface area contributed by atoms with E-state index in [0.717, 1.165) is 24.3 Å². The highest BCUT2D eigenvalue weighted by molar-refractivity contribution is 5.97. The molecule has 1 atom stereocenters. The zero-order valence-electron chi connectivity index (χ0n) is 14.5. The van der Waals surface area contributed by atoms with Crippen LogP contribution in [0, 0.1) is 11.3 Å². The van der Waals surface area contributed by atoms with Crippen LogP contribution in [0.3, 0.4) is 0 Å². The lowest BCUT2D eigenvalue weighted by atomic mass is 10.2. The zero-order valence-corrected chi connectivity index (χ0v) is 14.5. The Kier molecular flexibility index (Phi) is 5.18. The molecule has 0 saturated carbocycles. The van der Waals surface area contributed by atoms with Crippen LogP contribution >= 0.6 is 0 Å². The van der Waals surface area contributed by atoms with Gasteiger partial charge in [0.25, 0.3) is 0 Å². The highest BCUT2D eigenvalue weighted by Gasteiger charge is 2.21. The van der Waals surface area contributed by atoms with Gasteiger partial charge in [0.1, 0.15) is 6.04 Å². The van der Waals surface area contributed by atoms with Gasteiger partial charge in [0.2, 0.25) is 11.8 Å². The van der Waals surface area contributed by atoms with Gasteiger partial charge in [-0.25, -0.2) is 0 Å². The summed E-state index contributed by atoms with van der Waals surface area (Å²) in [4.78, 5) is 25.9. The molecule has 2 aromatic rings. The maximum Gasteiger partial charge on any atom is 0.246 e. The number of hydrogen-bond acceptors (Lipinski definition) is 4. The lowest BCUT2D eigenvalue weighted by Gasteiger charge is -2.18. The number of benzene rings is 2. The first kappa shape index (κ1) is 17.5. The molecule has 26 heavy (non-hydrogen) atoms. The second kappa shape index (κ2) is 7.70. The Hall–Kier alpha value is -3.33. The molecule has 2 amide bonds. The van der Waals surface area contributed by atoms with Crippen molar-refractivity contribution in [3.05, 3.63) is 54.1 Å². The van der Waals surface area contributed by atoms with E-state index in [4.69, 9.17) is 5.26 Å². The first-order valence-electron chi connectivity index (χ1n) is 8.55. The number of amides is 2. The molecule has 0 radical (unpaired) electrons. The van der Waals surface area contributed by atoms with Crippen molar-refractivity contribution in [3.63, 3.8) is 0 Å². The van der Waals surface area contributed by atoms with Gasteiger partial charge in [-0.3, -0.25) is 9.59 Å². The number of nitrogens with zero attached hydrogens (tertiary/aromatic N) is 2. The van der Waals surface area contributed by atoms with Crippen LogP contribution in [0.5, 0.6) is 0 Å². The number of carbonyl (C=O) groups is 2. The van der Waals surface area contributed by atoms with Gasteiger partial charge in [0.15, 0.2) is 0 Å². The quantitative estimate of drug-likeness (QED) is 0.869. The van der Waals surface area contributed by atoms with Crippen LogP contribution in [-0.2, 0) is 9.59 Å². The number of anilines is 3. The van der Waals surface area contributed by atoms with E-state index in [0.29, 0.717) is 17.7 Å². The van der Waals surface area contributed by atoms with Crippen LogP contribution in [-0.4, -0.2) is 24.4 Å². The van der Waals surface area contributed by atoms with Crippen molar-refractivity contribution in [1.29, 1.82) is 5.26 Å². The maximum atomic E-state index is 12.3. The summed E-state index contributed by atoms with van der Waals surface area (Å²) < 4.78 is 0. The van der Waals surface area contributed by atoms with E-state index in [2.05, 4.69) is 10.6 Å². The Balaban J connectivity index is 1.58. The molecule has 0 bridgehead atoms. The van der Waals surface area contributed by atoms with Crippen LogP contribution in [0.4, 0.5) is 17.1 Å². The van der Waals surface area contributed by atoms with Gasteiger partial charge in [-0.1, -0.05) is 0 Å². The fourth-order valence-corrected chi connectivity index (χ4v) is 2.85. The monoisotopic (exact) mass is 348 g/mol. The average molecular weight is 348 g/mol. The molecule has 1 aliphatic rings. The van der Waals surface area contributed by atoms with Crippen LogP contribution < -0.4 is 15.5 Å². The van der Waals surface area contributed by atoms with Crippen molar-refractivity contribution in [2.75, 3.05) is 22.1 Å². The molecule has 0 spiro atoms. The highest BCUT2D eigenvalue weighted by Crippen LogP contribution is 2.23. The van der Waals surface area contributed by atoms with Gasteiger partial charge in [-0.05, 0) is 61.9 Å². The molecule has 2 N–H and O–H groups in total. The summed E-state index contributed by atoms with van der Waals surface area (Å²) in [6.45, 7) is 2.53. The standard InChI is InChI=1S/C20H20N4O2/c1-14(20(26)23-17-6-4-15(13-21)5-7-17)22-16-8-10-18(11-9-16)24-12-2-3-19(24)25/h4-11,14,22H,2-3,12H2,1H3,(H,23,26)/t14-/m1/s1. The van der Waals surface area contributed by atoms with Crippen LogP contribution in [0.15, 0.2) is 48.5 Å². The van der Waals surface area contributed by atoms with Crippen LogP contribution in [0.25, 0.3) is 0 Å². The van der Waals surface area contributed by atoms with Gasteiger partial charge in [-0.15, -0.1) is 0 Å². The summed E-state index contributed by atoms with van der Waals surface area (Å²) in [6, 6.07) is 15.8. The van der Waals surface area contributed by atoms with E-state index in [-0.39, 0.29) is 11.8 Å². The molecule has 0 aliphatic carbocycles. The number of hydrogen-bond donors (Lipinski definition) is 2. The lowest BCUT2D eigenvalue weighted by Crippen LogP contribution is -2.31. The molecule has 132 valence electrons. The maximum absolute atomic E-state index is 12.3. The van der Waals surface area contributed by atoms with Crippen molar-refractivity contribution < 1.29 is 9.59 Å². The molecular formula is C20H20N4O2. The minimum atomic E-state index is -0.440. The Bertz CT molecular complexity index is 838. The van der Waals surface area contributed by atoms with Gasteiger partial charge in [0, 0.05) is 30.0 Å². The smallest absolute Gasteiger partial charge is 0.246 e. The summed E-state index contributed by atoms with van der Waals surface area (Å²) in [5.74, 6) is -0.0191. The number of carbonyl (C=O) groups excluding carboxylic acids is 2. The van der Waals surface area contributed by atoms with E-state index in [1.165, 1.54) is 0 Å². The minimum Gasteiger partial charge on any atom is -0.374 e. The molecule has 6 nitrogen and oxygen atoms in total. The Morgan fingerprint density at radius 3 is 2.35 bits per heavy atom. The predicted octanol–water partition coefficient (Wildman–Crippen LogP) is 3.12. The van der Waals surface area contributed by atoms with Crippen molar-refractivity contribution in [2.45, 2.75) is 25.8 Å². The largest absolute Gasteiger partial charge is 0.374 e. The average Bonchev–Trinajstić information content (AvgIpc) is 3.09. The van der Waals surface area contributed by atoms with Crippen molar-refractivity contribution >= 4 is 28.9 Å². The fourth-order valence-electron chi connectivity index (χ4n) is 2.85. The Morgan fingerprint density at radius 2 is 1.77 bits per heavy atom. The van der Waals surface area contributed by atoms with Crippen molar-refractivity contribution in [3.8, 4) is 6.07 Å². The fraction of sp³-hybridized carbons (Fsp3) is 0.250. The molecule has 6 heteroatoms. The molecule has 1 fully saturated rings. The summed E-state index contributed by atoms with van der Waals surface area (Å²) in [7, 11) is 0. The second-order valence-electron chi connectivity index (χ2n) is 6.24. The molecule has 3 rings (SSSR count). The van der Waals surface area contributed by atoms with Gasteiger partial charge >= 0.3 is 0 Å². The summed E-state index contributed by atoms with van der Waals surface area (Å²) in [5.41, 5.74) is 2.88. The molecular weight excluding hydrogens is 328 g/mol. The number of rotatable bonds is 5. The van der Waals surface area contributed by atoms with Crippen LogP contribution in [0.1, 0.15) is 25.3 Å². The summed E-state index contributed by atoms with van der Waals surface area (Å²) in [5, 5.41) is 14.8. The highest BCUT2D eigenvalue weighted by atomic mass is 16.2. The zero-order chi connectivity index (χ0) is 18.5. The molecule has 2 aromatic carbocycles. The van der Waals surface area contributed by atoms with Gasteiger partial charge in [0.05, 0.1) is 11.6 Å². The third kappa shape index (κ3) is 4.01. The molecule has 1 heterocycles. The van der Waals surface area contributed by atoms with Gasteiger partial charge < -0.3 is 15.5 Å². The number of nitriles is 1. The first-order chi connectivity index (χ1) is 12.6. The van der Waals surface area contributed by atoms with E-state index >= 15 is 0 Å². The molecule has 1 saturated heterocycles. The Morgan fingerprint density at radius 1 is 1.12 bits per heavy atom. The second-order valence-corrected chi connectivity index (χ2v) is 6.24. The summed E-state index contributed by atoms with van der Waals surface area (Å²) in [6.07, 6.45) is 1.50. The first-order valence-corrected chi connectivity index (χ1v) is 8.55. The van der Waals surface area contributed by atoms with Crippen molar-refractivity contribution in [1.82, 2.24) is 0 Å². The van der Waals surface area contributed by atoms with E-state index < -0.39 is 6.04 Å².